The topological polar surface area (TPSA) is 114 Å². The molecule has 3 N–H and O–H groups in total. The van der Waals surface area contributed by atoms with E-state index in [-0.39, 0.29) is 23.8 Å². The van der Waals surface area contributed by atoms with Gasteiger partial charge in [0.25, 0.3) is 11.8 Å². The van der Waals surface area contributed by atoms with Gasteiger partial charge in [0.05, 0.1) is 17.4 Å². The minimum Gasteiger partial charge on any atom is -0.462 e. The van der Waals surface area contributed by atoms with Crippen molar-refractivity contribution in [3.8, 4) is 0 Å². The maximum Gasteiger partial charge on any atom is 0.341 e. The molecule has 3 aromatic carbocycles. The first-order chi connectivity index (χ1) is 23.2. The number of thiophene rings is 1. The number of rotatable bonds is 11. The van der Waals surface area contributed by atoms with Gasteiger partial charge in [0.15, 0.2) is 0 Å². The number of carbonyl (C=O) groups is 4. The van der Waals surface area contributed by atoms with Gasteiger partial charge < -0.3 is 20.7 Å². The van der Waals surface area contributed by atoms with Crippen molar-refractivity contribution in [3.63, 3.8) is 0 Å². The summed E-state index contributed by atoms with van der Waals surface area (Å²) in [6.07, 6.45) is 6.07. The van der Waals surface area contributed by atoms with E-state index in [9.17, 15) is 23.6 Å². The molecule has 8 nitrogen and oxygen atoms in total. The van der Waals surface area contributed by atoms with Crippen molar-refractivity contribution < 1.29 is 28.3 Å². The molecule has 248 valence electrons. The first-order valence-electron chi connectivity index (χ1n) is 15.8. The zero-order valence-corrected chi connectivity index (χ0v) is 28.3. The highest BCUT2D eigenvalue weighted by atomic mass is 32.2. The Morgan fingerprint density at radius 3 is 2.46 bits per heavy atom. The molecule has 1 aliphatic carbocycles. The van der Waals surface area contributed by atoms with E-state index in [0.29, 0.717) is 26.7 Å². The summed E-state index contributed by atoms with van der Waals surface area (Å²) < 4.78 is 19.9. The zero-order valence-electron chi connectivity index (χ0n) is 26.6. The summed E-state index contributed by atoms with van der Waals surface area (Å²) in [7, 11) is 0. The van der Waals surface area contributed by atoms with Crippen LogP contribution in [0.1, 0.15) is 69.8 Å². The van der Waals surface area contributed by atoms with E-state index in [4.69, 9.17) is 4.74 Å². The summed E-state index contributed by atoms with van der Waals surface area (Å²) in [6.45, 7) is 3.77. The minimum atomic E-state index is -0.653. The molecule has 0 bridgehead atoms. The van der Waals surface area contributed by atoms with Crippen molar-refractivity contribution in [2.24, 2.45) is 0 Å². The molecule has 1 heterocycles. The van der Waals surface area contributed by atoms with Crippen molar-refractivity contribution in [2.75, 3.05) is 17.2 Å². The van der Waals surface area contributed by atoms with Gasteiger partial charge in [0.2, 0.25) is 5.91 Å². The molecule has 4 aromatic rings. The fourth-order valence-electron chi connectivity index (χ4n) is 5.26. The molecule has 0 saturated heterocycles. The van der Waals surface area contributed by atoms with E-state index in [1.54, 1.807) is 68.4 Å². The molecule has 1 aromatic heterocycles. The number of benzene rings is 3. The second kappa shape index (κ2) is 16.4. The van der Waals surface area contributed by atoms with E-state index < -0.39 is 28.9 Å². The average molecular weight is 686 g/mol. The highest BCUT2D eigenvalue weighted by Gasteiger charge is 2.28. The Balaban J connectivity index is 1.30. The van der Waals surface area contributed by atoms with Gasteiger partial charge in [0.1, 0.15) is 16.5 Å². The molecule has 1 aliphatic rings. The maximum absolute atomic E-state index is 14.5. The van der Waals surface area contributed by atoms with Crippen molar-refractivity contribution in [2.45, 2.75) is 56.1 Å². The molecule has 1 unspecified atom stereocenters. The molecule has 3 amide bonds. The first kappa shape index (κ1) is 34.6. The van der Waals surface area contributed by atoms with Gasteiger partial charge in [-0.25, -0.2) is 9.18 Å². The largest absolute Gasteiger partial charge is 0.462 e. The Morgan fingerprint density at radius 1 is 0.938 bits per heavy atom. The third-order valence-corrected chi connectivity index (χ3v) is 9.95. The SMILES string of the molecule is CCOC(=O)c1c(NC(=O)C(C)Sc2cccc(NC(=O)/C(=C/c3ccccc3F)NC(=O)c3ccccc3)c2)sc2c1CCCCC2. The number of halogens is 1. The molecule has 48 heavy (non-hydrogen) atoms. The van der Waals surface area contributed by atoms with Crippen molar-refractivity contribution in [3.05, 3.63) is 118 Å². The van der Waals surface area contributed by atoms with Crippen molar-refractivity contribution in [1.82, 2.24) is 5.32 Å². The summed E-state index contributed by atoms with van der Waals surface area (Å²) in [6, 6.07) is 21.3. The second-order valence-corrected chi connectivity index (χ2v) is 13.6. The second-order valence-electron chi connectivity index (χ2n) is 11.1. The number of ether oxygens (including phenoxy) is 1. The number of fused-ring (bicyclic) bond motifs is 1. The highest BCUT2D eigenvalue weighted by Crippen LogP contribution is 2.38. The Bertz CT molecular complexity index is 1840. The van der Waals surface area contributed by atoms with Gasteiger partial charge in [-0.1, -0.05) is 48.9 Å². The summed E-state index contributed by atoms with van der Waals surface area (Å²) >= 11 is 2.74. The van der Waals surface area contributed by atoms with Crippen LogP contribution in [0.4, 0.5) is 15.1 Å². The van der Waals surface area contributed by atoms with Crippen molar-refractivity contribution >= 4 is 63.6 Å². The van der Waals surface area contributed by atoms with Crippen LogP contribution in [0, 0.1) is 5.82 Å². The lowest BCUT2D eigenvalue weighted by atomic mass is 10.1. The van der Waals surface area contributed by atoms with E-state index in [0.717, 1.165) is 42.5 Å². The molecule has 0 spiro atoms. The quantitative estimate of drug-likeness (QED) is 0.0641. The molecule has 0 radical (unpaired) electrons. The monoisotopic (exact) mass is 685 g/mol. The summed E-state index contributed by atoms with van der Waals surface area (Å²) in [5.74, 6) is -2.41. The van der Waals surface area contributed by atoms with E-state index in [1.165, 1.54) is 47.4 Å². The van der Waals surface area contributed by atoms with Crippen LogP contribution >= 0.6 is 23.1 Å². The van der Waals surface area contributed by atoms with Crippen LogP contribution in [0.3, 0.4) is 0 Å². The Labute approximate surface area is 287 Å². The standard InChI is InChI=1S/C37H36FN3O5S2/c1-3-46-37(45)32-28-18-8-5-9-20-31(28)48-36(32)41-33(42)23(2)47-27-17-12-16-26(22-27)39-35(44)30(21-25-15-10-11-19-29(25)38)40-34(43)24-13-6-4-7-14-24/h4,6-7,10-17,19,21-23H,3,5,8-9,18,20H2,1-2H3,(H,39,44)(H,40,43)(H,41,42)/b30-21-. The Hall–Kier alpha value is -4.74. The average Bonchev–Trinajstić information content (AvgIpc) is 3.25. The summed E-state index contributed by atoms with van der Waals surface area (Å²) in [4.78, 5) is 54.5. The molecule has 11 heteroatoms. The fourth-order valence-corrected chi connectivity index (χ4v) is 7.46. The molecular weight excluding hydrogens is 650 g/mol. The van der Waals surface area contributed by atoms with Gasteiger partial charge in [-0.2, -0.15) is 0 Å². The number of nitrogens with one attached hydrogen (secondary N) is 3. The highest BCUT2D eigenvalue weighted by molar-refractivity contribution is 8.00. The van der Waals surface area contributed by atoms with E-state index in [2.05, 4.69) is 16.0 Å². The van der Waals surface area contributed by atoms with Crippen LogP contribution in [0.25, 0.3) is 6.08 Å². The number of carbonyl (C=O) groups excluding carboxylic acids is 4. The molecule has 1 atom stereocenters. The predicted molar refractivity (Wildman–Crippen MR) is 189 cm³/mol. The van der Waals surface area contributed by atoms with Crippen LogP contribution < -0.4 is 16.0 Å². The molecule has 5 rings (SSSR count). The summed E-state index contributed by atoms with van der Waals surface area (Å²) in [5, 5.41) is 8.34. The summed E-state index contributed by atoms with van der Waals surface area (Å²) in [5.41, 5.74) is 2.19. The van der Waals surface area contributed by atoms with Crippen LogP contribution in [0.2, 0.25) is 0 Å². The van der Waals surface area contributed by atoms with Gasteiger partial charge in [-0.15, -0.1) is 23.1 Å². The zero-order chi connectivity index (χ0) is 34.0. The minimum absolute atomic E-state index is 0.133. The lowest BCUT2D eigenvalue weighted by Gasteiger charge is -2.14. The maximum atomic E-state index is 14.5. The van der Waals surface area contributed by atoms with Crippen LogP contribution in [0.5, 0.6) is 0 Å². The Morgan fingerprint density at radius 2 is 1.69 bits per heavy atom. The van der Waals surface area contributed by atoms with Gasteiger partial charge >= 0.3 is 5.97 Å². The lowest BCUT2D eigenvalue weighted by Crippen LogP contribution is -2.30. The normalized spacial score (nSPS) is 13.4. The molecule has 0 aliphatic heterocycles. The molecule has 0 fully saturated rings. The van der Waals surface area contributed by atoms with Gasteiger partial charge in [0, 0.05) is 26.6 Å². The van der Waals surface area contributed by atoms with Crippen LogP contribution in [0.15, 0.2) is 89.5 Å². The van der Waals surface area contributed by atoms with E-state index in [1.807, 2.05) is 6.07 Å². The third-order valence-electron chi connectivity index (χ3n) is 7.65. The van der Waals surface area contributed by atoms with Gasteiger partial charge in [-0.3, -0.25) is 14.4 Å². The number of amides is 3. The number of hydrogen-bond acceptors (Lipinski definition) is 7. The number of esters is 1. The van der Waals surface area contributed by atoms with Crippen LogP contribution in [-0.4, -0.2) is 35.5 Å². The van der Waals surface area contributed by atoms with E-state index >= 15 is 0 Å². The fraction of sp³-hybridized carbons (Fsp3) is 0.243. The predicted octanol–water partition coefficient (Wildman–Crippen LogP) is 7.86. The lowest BCUT2D eigenvalue weighted by molar-refractivity contribution is -0.115. The molecule has 0 saturated carbocycles. The Kier molecular flexibility index (Phi) is 11.8. The van der Waals surface area contributed by atoms with Gasteiger partial charge in [-0.05, 0) is 87.6 Å². The number of aryl methyl sites for hydroxylation is 1. The van der Waals surface area contributed by atoms with Crippen molar-refractivity contribution in [1.29, 1.82) is 0 Å². The number of anilines is 2. The molecular formula is C37H36FN3O5S2. The third kappa shape index (κ3) is 8.78. The number of hydrogen-bond donors (Lipinski definition) is 3. The smallest absolute Gasteiger partial charge is 0.341 e. The van der Waals surface area contributed by atoms with Crippen LogP contribution in [-0.2, 0) is 27.2 Å². The number of thioether (sulfide) groups is 1. The first-order valence-corrected chi connectivity index (χ1v) is 17.5.